The number of carbonyl (C=O) groups excluding carboxylic acids is 1. The highest BCUT2D eigenvalue weighted by Crippen LogP contribution is 2.13. The lowest BCUT2D eigenvalue weighted by atomic mass is 9.99. The zero-order chi connectivity index (χ0) is 18.9. The zero-order valence-corrected chi connectivity index (χ0v) is 17.3. The van der Waals surface area contributed by atoms with Gasteiger partial charge < -0.3 is 11.1 Å². The van der Waals surface area contributed by atoms with Gasteiger partial charge in [0.1, 0.15) is 10.7 Å². The molecule has 28 heavy (non-hydrogen) atoms. The number of carbonyl (C=O) groups is 1. The van der Waals surface area contributed by atoms with Crippen molar-refractivity contribution in [1.82, 2.24) is 10.3 Å². The van der Waals surface area contributed by atoms with Crippen LogP contribution >= 0.6 is 23.7 Å². The zero-order valence-electron chi connectivity index (χ0n) is 15.7. The van der Waals surface area contributed by atoms with E-state index in [0.29, 0.717) is 12.2 Å². The molecule has 4 nitrogen and oxygen atoms in total. The van der Waals surface area contributed by atoms with Crippen molar-refractivity contribution in [3.05, 3.63) is 87.9 Å². The average Bonchev–Trinajstić information content (AvgIpc) is 3.21. The maximum absolute atomic E-state index is 12.6. The Morgan fingerprint density at radius 1 is 0.964 bits per heavy atom. The average molecular weight is 416 g/mol. The SMILES string of the molecule is Cl.NCc1nc(C(=O)NC(CCc2ccccc2)CCc2ccccc2)cs1. The molecule has 2 aromatic carbocycles. The second kappa shape index (κ2) is 11.6. The van der Waals surface area contributed by atoms with Crippen molar-refractivity contribution in [2.24, 2.45) is 5.73 Å². The largest absolute Gasteiger partial charge is 0.348 e. The number of benzene rings is 2. The fourth-order valence-electron chi connectivity index (χ4n) is 3.03. The van der Waals surface area contributed by atoms with E-state index in [0.717, 1.165) is 30.7 Å². The number of hydrogen-bond donors (Lipinski definition) is 2. The third-order valence-electron chi connectivity index (χ3n) is 4.54. The Bertz CT molecular complexity index is 796. The Balaban J connectivity index is 0.00000280. The van der Waals surface area contributed by atoms with Gasteiger partial charge in [-0.1, -0.05) is 60.7 Å². The smallest absolute Gasteiger partial charge is 0.270 e. The summed E-state index contributed by atoms with van der Waals surface area (Å²) >= 11 is 1.43. The molecule has 0 saturated carbocycles. The van der Waals surface area contributed by atoms with E-state index in [2.05, 4.69) is 58.8 Å². The maximum Gasteiger partial charge on any atom is 0.270 e. The number of thiazole rings is 1. The number of hydrogen-bond acceptors (Lipinski definition) is 4. The summed E-state index contributed by atoms with van der Waals surface area (Å²) in [6.07, 6.45) is 3.67. The summed E-state index contributed by atoms with van der Waals surface area (Å²) in [5, 5.41) is 5.74. The van der Waals surface area contributed by atoms with Crippen LogP contribution in [0.5, 0.6) is 0 Å². The fraction of sp³-hybridized carbons (Fsp3) is 0.273. The van der Waals surface area contributed by atoms with Crippen molar-refractivity contribution in [3.8, 4) is 0 Å². The molecular weight excluding hydrogens is 390 g/mol. The first kappa shape index (κ1) is 22.1. The quantitative estimate of drug-likeness (QED) is 0.544. The number of aryl methyl sites for hydroxylation is 2. The number of nitrogens with one attached hydrogen (secondary N) is 1. The summed E-state index contributed by atoms with van der Waals surface area (Å²) in [6.45, 7) is 0.364. The predicted octanol–water partition coefficient (Wildman–Crippen LogP) is 4.39. The minimum absolute atomic E-state index is 0. The Kier molecular flexibility index (Phi) is 9.14. The molecule has 1 aromatic heterocycles. The van der Waals surface area contributed by atoms with E-state index in [4.69, 9.17) is 5.73 Å². The third-order valence-corrected chi connectivity index (χ3v) is 5.41. The van der Waals surface area contributed by atoms with E-state index in [-0.39, 0.29) is 24.4 Å². The van der Waals surface area contributed by atoms with Gasteiger partial charge in [-0.05, 0) is 36.8 Å². The minimum Gasteiger partial charge on any atom is -0.348 e. The summed E-state index contributed by atoms with van der Waals surface area (Å²) in [6, 6.07) is 20.9. The van der Waals surface area contributed by atoms with Gasteiger partial charge in [0.05, 0.1) is 0 Å². The van der Waals surface area contributed by atoms with Crippen LogP contribution in [0, 0.1) is 0 Å². The van der Waals surface area contributed by atoms with Crippen molar-refractivity contribution in [3.63, 3.8) is 0 Å². The number of aromatic nitrogens is 1. The summed E-state index contributed by atoms with van der Waals surface area (Å²) in [7, 11) is 0. The topological polar surface area (TPSA) is 68.0 Å². The van der Waals surface area contributed by atoms with Crippen LogP contribution in [0.1, 0.15) is 39.5 Å². The summed E-state index contributed by atoms with van der Waals surface area (Å²) in [5.74, 6) is -0.114. The molecule has 0 spiro atoms. The molecule has 0 bridgehead atoms. The Labute approximate surface area is 176 Å². The Morgan fingerprint density at radius 3 is 1.96 bits per heavy atom. The number of rotatable bonds is 9. The fourth-order valence-corrected chi connectivity index (χ4v) is 3.68. The van der Waals surface area contributed by atoms with Gasteiger partial charge in [-0.25, -0.2) is 4.98 Å². The van der Waals surface area contributed by atoms with Crippen LogP contribution in [0.15, 0.2) is 66.0 Å². The first-order valence-corrected chi connectivity index (χ1v) is 10.2. The number of nitrogens with zero attached hydrogens (tertiary/aromatic N) is 1. The van der Waals surface area contributed by atoms with Crippen molar-refractivity contribution >= 4 is 29.7 Å². The first-order chi connectivity index (χ1) is 13.2. The normalized spacial score (nSPS) is 10.5. The lowest BCUT2D eigenvalue weighted by Gasteiger charge is -2.18. The molecule has 1 heterocycles. The number of nitrogens with two attached hydrogens (primary N) is 1. The van der Waals surface area contributed by atoms with Crippen LogP contribution in [0.3, 0.4) is 0 Å². The van der Waals surface area contributed by atoms with Gasteiger partial charge in [0.15, 0.2) is 0 Å². The molecule has 0 radical (unpaired) electrons. The van der Waals surface area contributed by atoms with E-state index >= 15 is 0 Å². The molecule has 0 aliphatic carbocycles. The predicted molar refractivity (Wildman–Crippen MR) is 118 cm³/mol. The molecule has 3 rings (SSSR count). The van der Waals surface area contributed by atoms with Crippen molar-refractivity contribution < 1.29 is 4.79 Å². The highest BCUT2D eigenvalue weighted by molar-refractivity contribution is 7.09. The van der Waals surface area contributed by atoms with Crippen LogP contribution in [-0.2, 0) is 19.4 Å². The van der Waals surface area contributed by atoms with Crippen LogP contribution in [0.25, 0.3) is 0 Å². The van der Waals surface area contributed by atoms with Crippen LogP contribution < -0.4 is 11.1 Å². The van der Waals surface area contributed by atoms with E-state index in [9.17, 15) is 4.79 Å². The van der Waals surface area contributed by atoms with Gasteiger partial charge in [0.25, 0.3) is 5.91 Å². The molecule has 0 unspecified atom stereocenters. The van der Waals surface area contributed by atoms with Crippen molar-refractivity contribution in [1.29, 1.82) is 0 Å². The summed E-state index contributed by atoms with van der Waals surface area (Å²) in [4.78, 5) is 16.9. The molecule has 3 aromatic rings. The highest BCUT2D eigenvalue weighted by Gasteiger charge is 2.16. The lowest BCUT2D eigenvalue weighted by molar-refractivity contribution is 0.0928. The van der Waals surface area contributed by atoms with Crippen LogP contribution in [0.2, 0.25) is 0 Å². The molecule has 6 heteroatoms. The van der Waals surface area contributed by atoms with Gasteiger partial charge in [-0.3, -0.25) is 4.79 Å². The van der Waals surface area contributed by atoms with E-state index < -0.39 is 0 Å². The molecule has 0 fully saturated rings. The van der Waals surface area contributed by atoms with Crippen molar-refractivity contribution in [2.45, 2.75) is 38.3 Å². The van der Waals surface area contributed by atoms with Gasteiger partial charge in [-0.2, -0.15) is 0 Å². The second-order valence-electron chi connectivity index (χ2n) is 6.55. The molecule has 148 valence electrons. The Hall–Kier alpha value is -2.21. The highest BCUT2D eigenvalue weighted by atomic mass is 35.5. The monoisotopic (exact) mass is 415 g/mol. The third kappa shape index (κ3) is 6.75. The van der Waals surface area contributed by atoms with Gasteiger partial charge in [0.2, 0.25) is 0 Å². The van der Waals surface area contributed by atoms with Crippen LogP contribution in [0.4, 0.5) is 0 Å². The molecule has 0 saturated heterocycles. The molecule has 0 aliphatic heterocycles. The Morgan fingerprint density at radius 2 is 1.50 bits per heavy atom. The number of amides is 1. The molecule has 0 aliphatic rings. The van der Waals surface area contributed by atoms with Crippen molar-refractivity contribution in [2.75, 3.05) is 0 Å². The summed E-state index contributed by atoms with van der Waals surface area (Å²) in [5.41, 5.74) is 8.64. The maximum atomic E-state index is 12.6. The van der Waals surface area contributed by atoms with Gasteiger partial charge in [-0.15, -0.1) is 23.7 Å². The minimum atomic E-state index is -0.114. The van der Waals surface area contributed by atoms with E-state index in [1.165, 1.54) is 22.5 Å². The standard InChI is InChI=1S/C22H25N3OS.ClH/c23-15-21-25-20(16-27-21)22(26)24-19(13-11-17-7-3-1-4-8-17)14-12-18-9-5-2-6-10-18;/h1-10,16,19H,11-15,23H2,(H,24,26);1H. The van der Waals surface area contributed by atoms with E-state index in [1.54, 1.807) is 5.38 Å². The van der Waals surface area contributed by atoms with Crippen LogP contribution in [-0.4, -0.2) is 16.9 Å². The molecule has 0 atom stereocenters. The molecular formula is C22H26ClN3OS. The second-order valence-corrected chi connectivity index (χ2v) is 7.49. The van der Waals surface area contributed by atoms with Gasteiger partial charge in [0, 0.05) is 18.0 Å². The summed E-state index contributed by atoms with van der Waals surface area (Å²) < 4.78 is 0. The van der Waals surface area contributed by atoms with Gasteiger partial charge >= 0.3 is 0 Å². The molecule has 1 amide bonds. The van der Waals surface area contributed by atoms with E-state index in [1.807, 2.05) is 12.1 Å². The first-order valence-electron chi connectivity index (χ1n) is 9.28. The number of halogens is 1. The lowest BCUT2D eigenvalue weighted by Crippen LogP contribution is -2.36. The molecule has 3 N–H and O–H groups in total.